The Kier molecular flexibility index (Phi) is 2.40. The summed E-state index contributed by atoms with van der Waals surface area (Å²) in [6.07, 6.45) is -0.124. The fraction of sp³-hybridized carbons (Fsp3) is 0.200. The van der Waals surface area contributed by atoms with Crippen LogP contribution in [0.4, 0.5) is 11.4 Å². The molecule has 3 heteroatoms. The lowest BCUT2D eigenvalue weighted by atomic mass is 10.1. The van der Waals surface area contributed by atoms with Gasteiger partial charge in [0.25, 0.3) is 0 Å². The first-order chi connectivity index (χ1) is 8.63. The number of anilines is 2. The number of benzene rings is 2. The number of nitrogen functional groups attached to an aromatic ring is 1. The molecule has 1 atom stereocenters. The van der Waals surface area contributed by atoms with Gasteiger partial charge < -0.3 is 15.8 Å². The molecule has 0 aliphatic carbocycles. The number of hydrogen-bond acceptors (Lipinski definition) is 3. The Morgan fingerprint density at radius 3 is 2.72 bits per heavy atom. The molecule has 0 saturated carbocycles. The van der Waals surface area contributed by atoms with Crippen molar-refractivity contribution in [3.63, 3.8) is 0 Å². The number of hydrogen-bond donors (Lipinski definition) is 2. The molecule has 3 nitrogen and oxygen atoms in total. The van der Waals surface area contributed by atoms with Crippen molar-refractivity contribution in [2.24, 2.45) is 0 Å². The van der Waals surface area contributed by atoms with Crippen LogP contribution in [0.15, 0.2) is 36.4 Å². The van der Waals surface area contributed by atoms with E-state index in [2.05, 4.69) is 30.4 Å². The van der Waals surface area contributed by atoms with Crippen LogP contribution in [0.5, 0.6) is 5.75 Å². The van der Waals surface area contributed by atoms with Gasteiger partial charge in [-0.2, -0.15) is 0 Å². The van der Waals surface area contributed by atoms with Gasteiger partial charge in [-0.15, -0.1) is 0 Å². The summed E-state index contributed by atoms with van der Waals surface area (Å²) in [6.45, 7) is 4.08. The molecule has 0 radical (unpaired) electrons. The van der Waals surface area contributed by atoms with E-state index in [9.17, 15) is 0 Å². The van der Waals surface area contributed by atoms with Gasteiger partial charge >= 0.3 is 0 Å². The summed E-state index contributed by atoms with van der Waals surface area (Å²) >= 11 is 0. The number of rotatable bonds is 1. The Morgan fingerprint density at radius 1 is 1.11 bits per heavy atom. The van der Waals surface area contributed by atoms with Crippen LogP contribution in [0.1, 0.15) is 22.9 Å². The molecule has 3 N–H and O–H groups in total. The van der Waals surface area contributed by atoms with Crippen molar-refractivity contribution in [2.45, 2.75) is 20.1 Å². The smallest absolute Gasteiger partial charge is 0.196 e. The largest absolute Gasteiger partial charge is 0.464 e. The van der Waals surface area contributed by atoms with Crippen LogP contribution in [0.2, 0.25) is 0 Å². The molecule has 0 amide bonds. The maximum Gasteiger partial charge on any atom is 0.196 e. The number of aryl methyl sites for hydroxylation is 2. The minimum Gasteiger partial charge on any atom is -0.464 e. The van der Waals surface area contributed by atoms with Gasteiger partial charge in [0.15, 0.2) is 6.23 Å². The van der Waals surface area contributed by atoms with Crippen molar-refractivity contribution in [2.75, 3.05) is 11.1 Å². The molecule has 0 fully saturated rings. The minimum absolute atomic E-state index is 0.124. The minimum atomic E-state index is -0.124. The molecule has 0 aromatic heterocycles. The average Bonchev–Trinajstić information content (AvgIpc) is 2.75. The van der Waals surface area contributed by atoms with Crippen LogP contribution in [-0.2, 0) is 0 Å². The highest BCUT2D eigenvalue weighted by Crippen LogP contribution is 2.38. The predicted octanol–water partition coefficient (Wildman–Crippen LogP) is 3.39. The third-order valence-corrected chi connectivity index (χ3v) is 3.26. The van der Waals surface area contributed by atoms with Gasteiger partial charge in [0.2, 0.25) is 0 Å². The second-order valence-corrected chi connectivity index (χ2v) is 4.76. The van der Waals surface area contributed by atoms with Gasteiger partial charge in [0.05, 0.1) is 5.69 Å². The van der Waals surface area contributed by atoms with Crippen molar-refractivity contribution in [3.8, 4) is 5.75 Å². The van der Waals surface area contributed by atoms with E-state index in [4.69, 9.17) is 10.5 Å². The van der Waals surface area contributed by atoms with Crippen LogP contribution in [0, 0.1) is 13.8 Å². The van der Waals surface area contributed by atoms with Crippen LogP contribution in [0.3, 0.4) is 0 Å². The lowest BCUT2D eigenvalue weighted by Gasteiger charge is -2.13. The normalized spacial score (nSPS) is 16.9. The number of fused-ring (bicyclic) bond motifs is 1. The Bertz CT molecular complexity index is 607. The standard InChI is InChI=1S/C15H16N2O/c1-9-3-6-14-13(7-9)17-15(18-14)11-4-5-12(16)10(2)8-11/h3-8,15,17H,16H2,1-2H3. The molecule has 2 aromatic rings. The number of nitrogens with two attached hydrogens (primary N) is 1. The van der Waals surface area contributed by atoms with Gasteiger partial charge in [-0.25, -0.2) is 0 Å². The lowest BCUT2D eigenvalue weighted by Crippen LogP contribution is -2.10. The van der Waals surface area contributed by atoms with E-state index in [1.165, 1.54) is 5.56 Å². The summed E-state index contributed by atoms with van der Waals surface area (Å²) in [5.74, 6) is 0.903. The molecule has 18 heavy (non-hydrogen) atoms. The fourth-order valence-electron chi connectivity index (χ4n) is 2.17. The van der Waals surface area contributed by atoms with E-state index in [1.807, 2.05) is 25.1 Å². The van der Waals surface area contributed by atoms with Gasteiger partial charge in [0.1, 0.15) is 5.75 Å². The van der Waals surface area contributed by atoms with Gasteiger partial charge in [-0.3, -0.25) is 0 Å². The highest BCUT2D eigenvalue weighted by atomic mass is 16.5. The number of ether oxygens (including phenoxy) is 1. The summed E-state index contributed by atoms with van der Waals surface area (Å²) in [7, 11) is 0. The third kappa shape index (κ3) is 1.78. The maximum absolute atomic E-state index is 5.89. The molecule has 1 unspecified atom stereocenters. The SMILES string of the molecule is Cc1ccc2c(c1)NC(c1ccc(N)c(C)c1)O2. The van der Waals surface area contributed by atoms with Crippen LogP contribution in [-0.4, -0.2) is 0 Å². The summed E-state index contributed by atoms with van der Waals surface area (Å²) < 4.78 is 5.89. The van der Waals surface area contributed by atoms with E-state index in [0.29, 0.717) is 0 Å². The molecule has 1 heterocycles. The van der Waals surface area contributed by atoms with Crippen LogP contribution < -0.4 is 15.8 Å². The lowest BCUT2D eigenvalue weighted by molar-refractivity contribution is 0.260. The zero-order chi connectivity index (χ0) is 12.7. The maximum atomic E-state index is 5.89. The second-order valence-electron chi connectivity index (χ2n) is 4.76. The first kappa shape index (κ1) is 11.0. The van der Waals surface area contributed by atoms with Crippen molar-refractivity contribution < 1.29 is 4.74 Å². The second kappa shape index (κ2) is 3.95. The quantitative estimate of drug-likeness (QED) is 0.751. The molecule has 2 aromatic carbocycles. The van der Waals surface area contributed by atoms with E-state index in [0.717, 1.165) is 28.3 Å². The molecule has 0 spiro atoms. The average molecular weight is 240 g/mol. The Labute approximate surface area is 107 Å². The van der Waals surface area contributed by atoms with Crippen molar-refractivity contribution in [3.05, 3.63) is 53.1 Å². The summed E-state index contributed by atoms with van der Waals surface area (Å²) in [5.41, 5.74) is 11.1. The molecule has 1 aliphatic rings. The molecule has 0 bridgehead atoms. The van der Waals surface area contributed by atoms with Crippen molar-refractivity contribution in [1.29, 1.82) is 0 Å². The molecule has 92 valence electrons. The van der Waals surface area contributed by atoms with E-state index in [-0.39, 0.29) is 6.23 Å². The monoisotopic (exact) mass is 240 g/mol. The molecule has 0 saturated heterocycles. The van der Waals surface area contributed by atoms with Crippen LogP contribution >= 0.6 is 0 Å². The number of nitrogens with one attached hydrogen (secondary N) is 1. The van der Waals surface area contributed by atoms with Crippen molar-refractivity contribution >= 4 is 11.4 Å². The zero-order valence-corrected chi connectivity index (χ0v) is 10.5. The molecule has 3 rings (SSSR count). The van der Waals surface area contributed by atoms with E-state index < -0.39 is 0 Å². The fourth-order valence-corrected chi connectivity index (χ4v) is 2.17. The molecule has 1 aliphatic heterocycles. The third-order valence-electron chi connectivity index (χ3n) is 3.26. The van der Waals surface area contributed by atoms with Gasteiger partial charge in [-0.05, 0) is 49.2 Å². The highest BCUT2D eigenvalue weighted by molar-refractivity contribution is 5.62. The zero-order valence-electron chi connectivity index (χ0n) is 10.5. The highest BCUT2D eigenvalue weighted by Gasteiger charge is 2.23. The van der Waals surface area contributed by atoms with E-state index >= 15 is 0 Å². The Balaban J connectivity index is 1.91. The van der Waals surface area contributed by atoms with Crippen molar-refractivity contribution in [1.82, 2.24) is 0 Å². The predicted molar refractivity (Wildman–Crippen MR) is 73.8 cm³/mol. The molecular formula is C15H16N2O. The van der Waals surface area contributed by atoms with Gasteiger partial charge in [0, 0.05) is 11.3 Å². The van der Waals surface area contributed by atoms with Crippen LogP contribution in [0.25, 0.3) is 0 Å². The van der Waals surface area contributed by atoms with Gasteiger partial charge in [-0.1, -0.05) is 12.1 Å². The summed E-state index contributed by atoms with van der Waals surface area (Å²) in [5, 5.41) is 3.38. The van der Waals surface area contributed by atoms with E-state index in [1.54, 1.807) is 0 Å². The first-order valence-electron chi connectivity index (χ1n) is 6.03. The Hall–Kier alpha value is -2.16. The Morgan fingerprint density at radius 2 is 1.94 bits per heavy atom. The first-order valence-corrected chi connectivity index (χ1v) is 6.03. The summed E-state index contributed by atoms with van der Waals surface area (Å²) in [4.78, 5) is 0. The topological polar surface area (TPSA) is 47.3 Å². The molecular weight excluding hydrogens is 224 g/mol. The summed E-state index contributed by atoms with van der Waals surface area (Å²) in [6, 6.07) is 12.1.